The summed E-state index contributed by atoms with van der Waals surface area (Å²) in [7, 11) is 0. The number of nitrogens with zero attached hydrogens (tertiary/aromatic N) is 2. The van der Waals surface area contributed by atoms with Gasteiger partial charge in [-0.1, -0.05) is 13.0 Å². The van der Waals surface area contributed by atoms with E-state index in [9.17, 15) is 9.59 Å². The molecule has 1 aromatic carbocycles. The Kier molecular flexibility index (Phi) is 5.03. The maximum Gasteiger partial charge on any atom is 0.312 e. The van der Waals surface area contributed by atoms with Gasteiger partial charge in [0.05, 0.1) is 17.8 Å². The Balaban J connectivity index is 1.58. The average molecular weight is 394 g/mol. The minimum absolute atomic E-state index is 0.127. The van der Waals surface area contributed by atoms with Crippen molar-refractivity contribution in [2.24, 2.45) is 5.73 Å². The fraction of sp³-hybridized carbons (Fsp3) is 0.300. The lowest BCUT2D eigenvalue weighted by Gasteiger charge is -2.13. The van der Waals surface area contributed by atoms with Gasteiger partial charge in [-0.2, -0.15) is 0 Å². The van der Waals surface area contributed by atoms with Crippen LogP contribution in [0, 0.1) is 0 Å². The van der Waals surface area contributed by atoms with E-state index in [4.69, 9.17) is 10.5 Å². The third-order valence-corrected chi connectivity index (χ3v) is 4.87. The van der Waals surface area contributed by atoms with Crippen molar-refractivity contribution in [3.63, 3.8) is 0 Å². The number of benzene rings is 1. The number of aromatic nitrogens is 3. The minimum Gasteiger partial charge on any atom is -0.437 e. The summed E-state index contributed by atoms with van der Waals surface area (Å²) in [5, 5.41) is 5.59. The van der Waals surface area contributed by atoms with Crippen molar-refractivity contribution >= 4 is 23.1 Å². The van der Waals surface area contributed by atoms with Gasteiger partial charge in [-0.3, -0.25) is 4.79 Å². The number of nitrogens with two attached hydrogens (primary N) is 1. The molecule has 0 spiro atoms. The highest BCUT2D eigenvalue weighted by Gasteiger charge is 2.24. The maximum atomic E-state index is 12.3. The molecule has 0 radical (unpaired) electrons. The number of nitrogens with one attached hydrogen (secondary N) is 3. The number of fused-ring (bicyclic) bond motifs is 2. The molecule has 150 valence electrons. The molecule has 0 unspecified atom stereocenters. The maximum absolute atomic E-state index is 12.3. The first-order valence-electron chi connectivity index (χ1n) is 9.54. The zero-order chi connectivity index (χ0) is 20.4. The second-order valence-electron chi connectivity index (χ2n) is 6.93. The predicted molar refractivity (Wildman–Crippen MR) is 107 cm³/mol. The number of H-pyrrole nitrogens is 1. The lowest BCUT2D eigenvalue weighted by Crippen LogP contribution is -2.32. The quantitative estimate of drug-likeness (QED) is 0.509. The summed E-state index contributed by atoms with van der Waals surface area (Å²) in [5.74, 6) is 0.643. The van der Waals surface area contributed by atoms with E-state index in [1.807, 2.05) is 25.1 Å². The van der Waals surface area contributed by atoms with Crippen LogP contribution in [0.5, 0.6) is 11.6 Å². The summed E-state index contributed by atoms with van der Waals surface area (Å²) in [5.41, 5.74) is 8.79. The molecule has 5 N–H and O–H groups in total. The van der Waals surface area contributed by atoms with Crippen LogP contribution in [-0.2, 0) is 6.42 Å². The molecular weight excluding hydrogens is 372 g/mol. The molecule has 0 saturated heterocycles. The summed E-state index contributed by atoms with van der Waals surface area (Å²) < 4.78 is 5.89. The summed E-state index contributed by atoms with van der Waals surface area (Å²) >= 11 is 0. The first-order valence-corrected chi connectivity index (χ1v) is 9.54. The second-order valence-corrected chi connectivity index (χ2v) is 6.93. The highest BCUT2D eigenvalue weighted by molar-refractivity contribution is 6.04. The molecule has 0 bridgehead atoms. The third-order valence-electron chi connectivity index (χ3n) is 4.87. The number of primary amides is 1. The van der Waals surface area contributed by atoms with Crippen molar-refractivity contribution in [1.82, 2.24) is 25.6 Å². The molecule has 2 aromatic heterocycles. The smallest absolute Gasteiger partial charge is 0.312 e. The number of aromatic amines is 1. The van der Waals surface area contributed by atoms with Crippen molar-refractivity contribution in [2.45, 2.75) is 32.2 Å². The van der Waals surface area contributed by atoms with Gasteiger partial charge in [0.2, 0.25) is 5.88 Å². The van der Waals surface area contributed by atoms with Crippen molar-refractivity contribution in [1.29, 1.82) is 0 Å². The van der Waals surface area contributed by atoms with Crippen LogP contribution in [0.25, 0.3) is 11.2 Å². The zero-order valence-electron chi connectivity index (χ0n) is 16.0. The van der Waals surface area contributed by atoms with Crippen LogP contribution >= 0.6 is 0 Å². The van der Waals surface area contributed by atoms with Crippen LogP contribution in [0.1, 0.15) is 47.3 Å². The lowest BCUT2D eigenvalue weighted by molar-refractivity contribution is 0.0955. The number of hydrogen-bond acceptors (Lipinski definition) is 5. The number of carbonyl (C=O) groups excluding carboxylic acids is 2. The van der Waals surface area contributed by atoms with Gasteiger partial charge in [0.1, 0.15) is 11.3 Å². The number of carbonyl (C=O) groups is 2. The van der Waals surface area contributed by atoms with Gasteiger partial charge in [0, 0.05) is 12.7 Å². The Morgan fingerprint density at radius 1 is 1.38 bits per heavy atom. The van der Waals surface area contributed by atoms with E-state index in [1.165, 1.54) is 6.20 Å². The van der Waals surface area contributed by atoms with Gasteiger partial charge >= 0.3 is 6.03 Å². The Morgan fingerprint density at radius 2 is 2.24 bits per heavy atom. The molecule has 0 fully saturated rings. The van der Waals surface area contributed by atoms with E-state index in [1.54, 1.807) is 6.20 Å². The first-order chi connectivity index (χ1) is 14.0. The van der Waals surface area contributed by atoms with Crippen molar-refractivity contribution in [3.05, 3.63) is 47.3 Å². The minimum atomic E-state index is -0.549. The van der Waals surface area contributed by atoms with Crippen LogP contribution in [0.4, 0.5) is 4.79 Å². The molecule has 2 heterocycles. The van der Waals surface area contributed by atoms with Gasteiger partial charge in [0.25, 0.3) is 5.91 Å². The molecule has 1 aliphatic carbocycles. The van der Waals surface area contributed by atoms with Crippen molar-refractivity contribution in [3.8, 4) is 11.6 Å². The fourth-order valence-corrected chi connectivity index (χ4v) is 3.52. The molecule has 4 rings (SSSR count). The van der Waals surface area contributed by atoms with Crippen LogP contribution < -0.4 is 21.1 Å². The normalized spacial score (nSPS) is 15.1. The summed E-state index contributed by atoms with van der Waals surface area (Å²) in [6.45, 7) is 2.58. The number of hydrogen-bond donors (Lipinski definition) is 4. The summed E-state index contributed by atoms with van der Waals surface area (Å²) in [6.07, 6.45) is 5.60. The third kappa shape index (κ3) is 3.84. The first kappa shape index (κ1) is 18.7. The van der Waals surface area contributed by atoms with E-state index in [0.29, 0.717) is 29.0 Å². The number of rotatable bonds is 6. The van der Waals surface area contributed by atoms with Crippen LogP contribution in [0.15, 0.2) is 30.6 Å². The Hall–Kier alpha value is -3.62. The van der Waals surface area contributed by atoms with E-state index < -0.39 is 6.03 Å². The molecule has 9 heteroatoms. The van der Waals surface area contributed by atoms with Gasteiger partial charge in [-0.15, -0.1) is 0 Å². The van der Waals surface area contributed by atoms with Gasteiger partial charge in [0.15, 0.2) is 5.65 Å². The van der Waals surface area contributed by atoms with E-state index in [0.717, 1.165) is 30.4 Å². The average Bonchev–Trinajstić information content (AvgIpc) is 3.29. The topological polar surface area (TPSA) is 135 Å². The SMILES string of the molecule is CCCNC(=O)c1c[nH]c2ncc(Oc3ccc4c(c3)[C@H](NC(N)=O)CC4)nc12. The fourth-order valence-electron chi connectivity index (χ4n) is 3.52. The van der Waals surface area contributed by atoms with Crippen molar-refractivity contribution < 1.29 is 14.3 Å². The molecule has 29 heavy (non-hydrogen) atoms. The molecule has 1 atom stereocenters. The second kappa shape index (κ2) is 7.78. The van der Waals surface area contributed by atoms with Gasteiger partial charge in [-0.05, 0) is 42.5 Å². The lowest BCUT2D eigenvalue weighted by atomic mass is 10.1. The number of ether oxygens (including phenoxy) is 1. The highest BCUT2D eigenvalue weighted by Crippen LogP contribution is 2.34. The van der Waals surface area contributed by atoms with Crippen LogP contribution in [0.2, 0.25) is 0 Å². The summed E-state index contributed by atoms with van der Waals surface area (Å²) in [6, 6.07) is 5.02. The predicted octanol–water partition coefficient (Wildman–Crippen LogP) is 2.55. The number of amides is 3. The summed E-state index contributed by atoms with van der Waals surface area (Å²) in [4.78, 5) is 35.2. The van der Waals surface area contributed by atoms with E-state index >= 15 is 0 Å². The molecule has 0 saturated carbocycles. The Morgan fingerprint density at radius 3 is 3.03 bits per heavy atom. The van der Waals surface area contributed by atoms with Crippen LogP contribution in [0.3, 0.4) is 0 Å². The van der Waals surface area contributed by atoms with Crippen LogP contribution in [-0.4, -0.2) is 33.4 Å². The number of urea groups is 1. The molecule has 3 amide bonds. The monoisotopic (exact) mass is 394 g/mol. The highest BCUT2D eigenvalue weighted by atomic mass is 16.5. The van der Waals surface area contributed by atoms with E-state index in [2.05, 4.69) is 25.6 Å². The van der Waals surface area contributed by atoms with Gasteiger partial charge < -0.3 is 26.1 Å². The molecule has 9 nitrogen and oxygen atoms in total. The number of aryl methyl sites for hydroxylation is 1. The molecular formula is C20H22N6O3. The Labute approximate surface area is 167 Å². The molecule has 3 aromatic rings. The largest absolute Gasteiger partial charge is 0.437 e. The molecule has 1 aliphatic rings. The zero-order valence-corrected chi connectivity index (χ0v) is 16.0. The van der Waals surface area contributed by atoms with Gasteiger partial charge in [-0.25, -0.2) is 14.8 Å². The Bertz CT molecular complexity index is 1080. The van der Waals surface area contributed by atoms with E-state index in [-0.39, 0.29) is 17.8 Å². The standard InChI is InChI=1S/C20H22N6O3/c1-2-7-22-19(27)14-9-23-18-17(14)26-16(10-24-18)29-12-5-3-11-4-6-15(13(11)8-12)25-20(21)28/h3,5,8-10,15H,2,4,6-7H2,1H3,(H,22,27)(H,23,24)(H3,21,25,28)/t15-/m1/s1. The molecule has 0 aliphatic heterocycles. The van der Waals surface area contributed by atoms with Crippen molar-refractivity contribution in [2.75, 3.05) is 6.54 Å².